The summed E-state index contributed by atoms with van der Waals surface area (Å²) in [6, 6.07) is 8.01. The van der Waals surface area contributed by atoms with Gasteiger partial charge in [0.1, 0.15) is 12.2 Å². The molecule has 1 N–H and O–H groups in total. The second-order valence-electron chi connectivity index (χ2n) is 9.17. The number of carbonyl (C=O) groups excluding carboxylic acids is 2. The summed E-state index contributed by atoms with van der Waals surface area (Å²) in [6.07, 6.45) is 7.93. The summed E-state index contributed by atoms with van der Waals surface area (Å²) in [5.41, 5.74) is 4.51. The fourth-order valence-corrected chi connectivity index (χ4v) is 5.16. The maximum atomic E-state index is 13.4. The molecule has 0 aromatic heterocycles. The van der Waals surface area contributed by atoms with Crippen molar-refractivity contribution in [3.05, 3.63) is 57.9 Å². The normalized spacial score (nSPS) is 20.9. The number of rotatable bonds is 5. The van der Waals surface area contributed by atoms with Crippen molar-refractivity contribution in [2.24, 2.45) is 0 Å². The highest BCUT2D eigenvalue weighted by Gasteiger charge is 2.39. The number of hydrogen-bond acceptors (Lipinski definition) is 5. The van der Waals surface area contributed by atoms with Crippen LogP contribution in [0.15, 0.2) is 46.8 Å². The lowest BCUT2D eigenvalue weighted by Gasteiger charge is -2.31. The third-order valence-corrected chi connectivity index (χ3v) is 6.73. The number of ether oxygens (including phenoxy) is 2. The van der Waals surface area contributed by atoms with Gasteiger partial charge in [0, 0.05) is 11.4 Å². The first-order chi connectivity index (χ1) is 14.9. The number of dihydropyridines is 1. The molecule has 2 aliphatic carbocycles. The third-order valence-electron chi connectivity index (χ3n) is 6.73. The molecule has 1 aromatic rings. The van der Waals surface area contributed by atoms with Gasteiger partial charge in [-0.2, -0.15) is 0 Å². The third kappa shape index (κ3) is 4.70. The van der Waals surface area contributed by atoms with E-state index in [0.717, 1.165) is 73.9 Å². The Morgan fingerprint density at radius 1 is 0.806 bits per heavy atom. The van der Waals surface area contributed by atoms with Gasteiger partial charge in [0.05, 0.1) is 17.1 Å². The van der Waals surface area contributed by atoms with Gasteiger partial charge >= 0.3 is 11.9 Å². The highest BCUT2D eigenvalue weighted by molar-refractivity contribution is 6.00. The van der Waals surface area contributed by atoms with E-state index in [1.165, 1.54) is 0 Å². The molecule has 1 aliphatic heterocycles. The van der Waals surface area contributed by atoms with E-state index >= 15 is 0 Å². The first kappa shape index (κ1) is 21.7. The van der Waals surface area contributed by atoms with Crippen molar-refractivity contribution in [2.45, 2.75) is 90.3 Å². The molecule has 4 rings (SSSR count). The zero-order valence-corrected chi connectivity index (χ0v) is 18.8. The number of nitrogens with one attached hydrogen (secondary N) is 1. The Morgan fingerprint density at radius 2 is 1.29 bits per heavy atom. The Hall–Kier alpha value is -2.56. The molecule has 1 heterocycles. The summed E-state index contributed by atoms with van der Waals surface area (Å²) in [7, 11) is 0. The van der Waals surface area contributed by atoms with Gasteiger partial charge in [0.2, 0.25) is 0 Å². The molecule has 5 heteroatoms. The lowest BCUT2D eigenvalue weighted by Crippen LogP contribution is -2.34. The van der Waals surface area contributed by atoms with Gasteiger partial charge in [-0.1, -0.05) is 29.8 Å². The number of esters is 2. The number of carbonyl (C=O) groups is 2. The van der Waals surface area contributed by atoms with Crippen LogP contribution in [-0.4, -0.2) is 24.1 Å². The zero-order chi connectivity index (χ0) is 22.0. The Morgan fingerprint density at radius 3 is 1.74 bits per heavy atom. The molecule has 2 fully saturated rings. The minimum absolute atomic E-state index is 0.0353. The maximum Gasteiger partial charge on any atom is 0.337 e. The largest absolute Gasteiger partial charge is 0.459 e. The van der Waals surface area contributed by atoms with E-state index in [1.54, 1.807) is 0 Å². The molecule has 1 aromatic carbocycles. The van der Waals surface area contributed by atoms with Crippen molar-refractivity contribution in [3.63, 3.8) is 0 Å². The number of allylic oxidation sites excluding steroid dienone is 2. The molecule has 0 spiro atoms. The van der Waals surface area contributed by atoms with Crippen LogP contribution in [0, 0.1) is 6.92 Å². The lowest BCUT2D eigenvalue weighted by atomic mass is 9.80. The van der Waals surface area contributed by atoms with Gasteiger partial charge in [0.25, 0.3) is 0 Å². The van der Waals surface area contributed by atoms with E-state index in [0.29, 0.717) is 11.1 Å². The molecule has 0 bridgehead atoms. The molecule has 0 amide bonds. The summed E-state index contributed by atoms with van der Waals surface area (Å²) >= 11 is 0. The van der Waals surface area contributed by atoms with Gasteiger partial charge in [-0.25, -0.2) is 9.59 Å². The second kappa shape index (κ2) is 9.29. The number of hydrogen-bond donors (Lipinski definition) is 1. The molecule has 0 unspecified atom stereocenters. The molecular formula is C26H33NO4. The lowest BCUT2D eigenvalue weighted by molar-refractivity contribution is -0.145. The predicted octanol–water partition coefficient (Wildman–Crippen LogP) is 5.20. The number of aryl methyl sites for hydroxylation is 1. The van der Waals surface area contributed by atoms with E-state index in [9.17, 15) is 9.59 Å². The molecule has 2 saturated carbocycles. The van der Waals surface area contributed by atoms with Crippen molar-refractivity contribution < 1.29 is 19.1 Å². The molecule has 0 atom stereocenters. The highest BCUT2D eigenvalue weighted by Crippen LogP contribution is 2.40. The van der Waals surface area contributed by atoms with Crippen molar-refractivity contribution in [3.8, 4) is 0 Å². The fraction of sp³-hybridized carbons (Fsp3) is 0.538. The maximum absolute atomic E-state index is 13.4. The van der Waals surface area contributed by atoms with E-state index in [2.05, 4.69) is 5.32 Å². The van der Waals surface area contributed by atoms with Crippen LogP contribution in [0.3, 0.4) is 0 Å². The number of benzene rings is 1. The first-order valence-corrected chi connectivity index (χ1v) is 11.6. The van der Waals surface area contributed by atoms with Gasteiger partial charge in [0.15, 0.2) is 0 Å². The van der Waals surface area contributed by atoms with Gasteiger partial charge < -0.3 is 14.8 Å². The molecular weight excluding hydrogens is 390 g/mol. The monoisotopic (exact) mass is 423 g/mol. The van der Waals surface area contributed by atoms with Crippen molar-refractivity contribution in [1.29, 1.82) is 0 Å². The van der Waals surface area contributed by atoms with E-state index in [4.69, 9.17) is 9.47 Å². The Bertz CT molecular complexity index is 865. The van der Waals surface area contributed by atoms with Crippen LogP contribution in [0.1, 0.15) is 82.3 Å². The van der Waals surface area contributed by atoms with Crippen LogP contribution in [0.2, 0.25) is 0 Å². The molecule has 5 nitrogen and oxygen atoms in total. The Labute approximate surface area is 184 Å². The summed E-state index contributed by atoms with van der Waals surface area (Å²) in [6.45, 7) is 5.79. The van der Waals surface area contributed by atoms with Gasteiger partial charge in [-0.15, -0.1) is 0 Å². The van der Waals surface area contributed by atoms with Crippen LogP contribution in [0.4, 0.5) is 0 Å². The Balaban J connectivity index is 1.71. The molecule has 0 saturated heterocycles. The Kier molecular flexibility index (Phi) is 6.49. The average Bonchev–Trinajstić information content (AvgIpc) is 3.41. The van der Waals surface area contributed by atoms with Crippen LogP contribution >= 0.6 is 0 Å². The summed E-state index contributed by atoms with van der Waals surface area (Å²) in [5.74, 6) is -1.16. The minimum Gasteiger partial charge on any atom is -0.459 e. The standard InChI is InChI=1S/C26H33NO4/c1-16-9-8-10-19(15-16)24-22(25(28)30-20-11-4-5-12-20)17(2)27-18(3)23(24)26(29)31-21-13-6-7-14-21/h8-10,15,20-21,24,27H,4-7,11-14H2,1-3H3. The van der Waals surface area contributed by atoms with Crippen LogP contribution in [0.5, 0.6) is 0 Å². The van der Waals surface area contributed by atoms with E-state index < -0.39 is 5.92 Å². The topological polar surface area (TPSA) is 64.6 Å². The van der Waals surface area contributed by atoms with Crippen LogP contribution < -0.4 is 5.32 Å². The molecule has 3 aliphatic rings. The SMILES string of the molecule is CC1=C(C(=O)OC2CCCC2)C(c2cccc(C)c2)C(C(=O)OC2CCCC2)=C(C)N1. The molecule has 31 heavy (non-hydrogen) atoms. The summed E-state index contributed by atoms with van der Waals surface area (Å²) < 4.78 is 11.8. The zero-order valence-electron chi connectivity index (χ0n) is 18.8. The summed E-state index contributed by atoms with van der Waals surface area (Å²) in [5, 5.41) is 3.26. The molecule has 166 valence electrons. The van der Waals surface area contributed by atoms with E-state index in [-0.39, 0.29) is 24.1 Å². The van der Waals surface area contributed by atoms with Crippen molar-refractivity contribution in [2.75, 3.05) is 0 Å². The van der Waals surface area contributed by atoms with Crippen molar-refractivity contribution in [1.82, 2.24) is 5.32 Å². The first-order valence-electron chi connectivity index (χ1n) is 11.6. The van der Waals surface area contributed by atoms with Gasteiger partial charge in [-0.3, -0.25) is 0 Å². The smallest absolute Gasteiger partial charge is 0.337 e. The van der Waals surface area contributed by atoms with Crippen LogP contribution in [0.25, 0.3) is 0 Å². The van der Waals surface area contributed by atoms with Gasteiger partial charge in [-0.05, 0) is 77.7 Å². The van der Waals surface area contributed by atoms with Crippen molar-refractivity contribution >= 4 is 11.9 Å². The molecule has 0 radical (unpaired) electrons. The highest BCUT2D eigenvalue weighted by atomic mass is 16.5. The van der Waals surface area contributed by atoms with E-state index in [1.807, 2.05) is 45.0 Å². The fourth-order valence-electron chi connectivity index (χ4n) is 5.16. The predicted molar refractivity (Wildman–Crippen MR) is 119 cm³/mol. The summed E-state index contributed by atoms with van der Waals surface area (Å²) in [4.78, 5) is 26.7. The average molecular weight is 424 g/mol. The minimum atomic E-state index is -0.496. The second-order valence-corrected chi connectivity index (χ2v) is 9.17. The quantitative estimate of drug-likeness (QED) is 0.660. The van der Waals surface area contributed by atoms with Crippen LogP contribution in [-0.2, 0) is 19.1 Å².